The Bertz CT molecular complexity index is 115. The van der Waals surface area contributed by atoms with Crippen LogP contribution in [0.1, 0.15) is 32.1 Å². The van der Waals surface area contributed by atoms with E-state index in [9.17, 15) is 0 Å². The second kappa shape index (κ2) is 3.55. The molecule has 0 radical (unpaired) electrons. The van der Waals surface area contributed by atoms with E-state index in [0.717, 1.165) is 25.6 Å². The Morgan fingerprint density at radius 2 is 2.09 bits per heavy atom. The van der Waals surface area contributed by atoms with Crippen molar-refractivity contribution in [2.24, 2.45) is 5.92 Å². The predicted octanol–water partition coefficient (Wildman–Crippen LogP) is 1.94. The van der Waals surface area contributed by atoms with E-state index in [1.165, 1.54) is 25.7 Å². The molecule has 64 valence electrons. The van der Waals surface area contributed by atoms with E-state index in [1.807, 2.05) is 0 Å². The quantitative estimate of drug-likeness (QED) is 0.621. The highest BCUT2D eigenvalue weighted by molar-refractivity contribution is 4.72. The molecule has 2 heteroatoms. The van der Waals surface area contributed by atoms with Gasteiger partial charge in [-0.25, -0.2) is 0 Å². The summed E-state index contributed by atoms with van der Waals surface area (Å²) in [6.45, 7) is 1.83. The zero-order valence-corrected chi connectivity index (χ0v) is 6.92. The number of hydrogen-bond acceptors (Lipinski definition) is 2. The summed E-state index contributed by atoms with van der Waals surface area (Å²) >= 11 is 0. The Hall–Kier alpha value is -0.0800. The lowest BCUT2D eigenvalue weighted by molar-refractivity contribution is -0.164. The molecule has 1 atom stereocenters. The molecule has 1 aliphatic carbocycles. The third-order valence-corrected chi connectivity index (χ3v) is 2.35. The topological polar surface area (TPSA) is 18.5 Å². The molecule has 2 aliphatic rings. The first-order chi connectivity index (χ1) is 5.45. The standard InChI is InChI=1S/C9H16O2/c1-2-6-10-9(3-1)11-7-8-4-5-8/h8-9H,1-7H2. The molecule has 0 aromatic heterocycles. The van der Waals surface area contributed by atoms with Crippen molar-refractivity contribution in [3.63, 3.8) is 0 Å². The van der Waals surface area contributed by atoms with Crippen molar-refractivity contribution in [2.75, 3.05) is 13.2 Å². The lowest BCUT2D eigenvalue weighted by Crippen LogP contribution is -2.23. The van der Waals surface area contributed by atoms with Crippen molar-refractivity contribution in [3.05, 3.63) is 0 Å². The maximum absolute atomic E-state index is 5.58. The molecule has 1 heterocycles. The summed E-state index contributed by atoms with van der Waals surface area (Å²) in [5.41, 5.74) is 0. The number of ether oxygens (including phenoxy) is 2. The minimum Gasteiger partial charge on any atom is -0.353 e. The summed E-state index contributed by atoms with van der Waals surface area (Å²) in [5, 5.41) is 0. The SMILES string of the molecule is C1CCC(OCC2CC2)OC1. The highest BCUT2D eigenvalue weighted by Gasteiger charge is 2.23. The normalized spacial score (nSPS) is 32.2. The van der Waals surface area contributed by atoms with Gasteiger partial charge in [0.1, 0.15) is 0 Å². The number of rotatable bonds is 3. The Kier molecular flexibility index (Phi) is 2.44. The van der Waals surface area contributed by atoms with Crippen LogP contribution in [0.4, 0.5) is 0 Å². The van der Waals surface area contributed by atoms with E-state index in [0.29, 0.717) is 0 Å². The molecule has 2 rings (SSSR count). The Morgan fingerprint density at radius 1 is 1.18 bits per heavy atom. The van der Waals surface area contributed by atoms with Crippen LogP contribution in [0.5, 0.6) is 0 Å². The largest absolute Gasteiger partial charge is 0.353 e. The van der Waals surface area contributed by atoms with Crippen molar-refractivity contribution in [3.8, 4) is 0 Å². The molecule has 11 heavy (non-hydrogen) atoms. The third kappa shape index (κ3) is 2.46. The van der Waals surface area contributed by atoms with Gasteiger partial charge in [-0.05, 0) is 38.0 Å². The Labute approximate surface area is 67.9 Å². The molecule has 0 amide bonds. The highest BCUT2D eigenvalue weighted by atomic mass is 16.7. The average molecular weight is 156 g/mol. The van der Waals surface area contributed by atoms with Gasteiger partial charge in [0.25, 0.3) is 0 Å². The van der Waals surface area contributed by atoms with E-state index in [4.69, 9.17) is 9.47 Å². The van der Waals surface area contributed by atoms with E-state index in [-0.39, 0.29) is 6.29 Å². The van der Waals surface area contributed by atoms with Crippen molar-refractivity contribution in [2.45, 2.75) is 38.4 Å². The lowest BCUT2D eigenvalue weighted by atomic mass is 10.2. The van der Waals surface area contributed by atoms with Crippen molar-refractivity contribution in [1.82, 2.24) is 0 Å². The highest BCUT2D eigenvalue weighted by Crippen LogP contribution is 2.29. The van der Waals surface area contributed by atoms with Gasteiger partial charge >= 0.3 is 0 Å². The minimum atomic E-state index is 0.129. The van der Waals surface area contributed by atoms with Crippen LogP contribution in [0.2, 0.25) is 0 Å². The second-order valence-electron chi connectivity index (χ2n) is 3.57. The third-order valence-electron chi connectivity index (χ3n) is 2.35. The minimum absolute atomic E-state index is 0.129. The second-order valence-corrected chi connectivity index (χ2v) is 3.57. The summed E-state index contributed by atoms with van der Waals surface area (Å²) in [6, 6.07) is 0. The zero-order chi connectivity index (χ0) is 7.52. The van der Waals surface area contributed by atoms with Gasteiger partial charge in [0.2, 0.25) is 0 Å². The van der Waals surface area contributed by atoms with Gasteiger partial charge in [-0.1, -0.05) is 0 Å². The molecule has 1 aliphatic heterocycles. The van der Waals surface area contributed by atoms with Gasteiger partial charge < -0.3 is 9.47 Å². The van der Waals surface area contributed by atoms with Crippen LogP contribution in [-0.4, -0.2) is 19.5 Å². The molecule has 1 unspecified atom stereocenters. The smallest absolute Gasteiger partial charge is 0.157 e. The average Bonchev–Trinajstić information content (AvgIpc) is 2.86. The summed E-state index contributed by atoms with van der Waals surface area (Å²) in [4.78, 5) is 0. The molecule has 0 aromatic carbocycles. The van der Waals surface area contributed by atoms with E-state index < -0.39 is 0 Å². The van der Waals surface area contributed by atoms with E-state index >= 15 is 0 Å². The molecule has 2 fully saturated rings. The summed E-state index contributed by atoms with van der Waals surface area (Å²) in [7, 11) is 0. The van der Waals surface area contributed by atoms with Crippen LogP contribution >= 0.6 is 0 Å². The maximum atomic E-state index is 5.58. The molecular weight excluding hydrogens is 140 g/mol. The van der Waals surface area contributed by atoms with Crippen LogP contribution in [0.3, 0.4) is 0 Å². The first-order valence-corrected chi connectivity index (χ1v) is 4.68. The monoisotopic (exact) mass is 156 g/mol. The molecular formula is C9H16O2. The summed E-state index contributed by atoms with van der Waals surface area (Å²) in [6.07, 6.45) is 6.45. The lowest BCUT2D eigenvalue weighted by Gasteiger charge is -2.22. The van der Waals surface area contributed by atoms with Crippen LogP contribution in [-0.2, 0) is 9.47 Å². The van der Waals surface area contributed by atoms with Crippen molar-refractivity contribution >= 4 is 0 Å². The van der Waals surface area contributed by atoms with Crippen molar-refractivity contribution in [1.29, 1.82) is 0 Å². The maximum Gasteiger partial charge on any atom is 0.157 e. The van der Waals surface area contributed by atoms with Crippen LogP contribution < -0.4 is 0 Å². The van der Waals surface area contributed by atoms with Crippen LogP contribution in [0.25, 0.3) is 0 Å². The predicted molar refractivity (Wildman–Crippen MR) is 42.3 cm³/mol. The molecule has 1 saturated carbocycles. The first kappa shape index (κ1) is 7.56. The molecule has 0 N–H and O–H groups in total. The molecule has 1 saturated heterocycles. The van der Waals surface area contributed by atoms with Gasteiger partial charge in [-0.2, -0.15) is 0 Å². The Balaban J connectivity index is 1.59. The Morgan fingerprint density at radius 3 is 2.73 bits per heavy atom. The van der Waals surface area contributed by atoms with Gasteiger partial charge in [-0.3, -0.25) is 0 Å². The fourth-order valence-corrected chi connectivity index (χ4v) is 1.37. The van der Waals surface area contributed by atoms with Gasteiger partial charge in [0.15, 0.2) is 6.29 Å². The molecule has 0 bridgehead atoms. The van der Waals surface area contributed by atoms with Crippen LogP contribution in [0, 0.1) is 5.92 Å². The number of hydrogen-bond donors (Lipinski definition) is 0. The van der Waals surface area contributed by atoms with E-state index in [1.54, 1.807) is 0 Å². The van der Waals surface area contributed by atoms with E-state index in [2.05, 4.69) is 0 Å². The fourth-order valence-electron chi connectivity index (χ4n) is 1.37. The summed E-state index contributed by atoms with van der Waals surface area (Å²) < 4.78 is 11.0. The molecule has 0 spiro atoms. The van der Waals surface area contributed by atoms with Crippen molar-refractivity contribution < 1.29 is 9.47 Å². The van der Waals surface area contributed by atoms with Gasteiger partial charge in [-0.15, -0.1) is 0 Å². The molecule has 2 nitrogen and oxygen atoms in total. The summed E-state index contributed by atoms with van der Waals surface area (Å²) in [5.74, 6) is 0.862. The van der Waals surface area contributed by atoms with Gasteiger partial charge in [0.05, 0.1) is 6.61 Å². The van der Waals surface area contributed by atoms with Gasteiger partial charge in [0, 0.05) is 6.61 Å². The fraction of sp³-hybridized carbons (Fsp3) is 1.00. The van der Waals surface area contributed by atoms with Crippen LogP contribution in [0.15, 0.2) is 0 Å². The first-order valence-electron chi connectivity index (χ1n) is 4.68. The molecule has 0 aromatic rings. The zero-order valence-electron chi connectivity index (χ0n) is 6.92.